The molecule has 6 nitrogen and oxygen atoms in total. The predicted octanol–water partition coefficient (Wildman–Crippen LogP) is 5.24. The highest BCUT2D eigenvalue weighted by molar-refractivity contribution is 6.30. The van der Waals surface area contributed by atoms with Crippen molar-refractivity contribution < 1.29 is 23.8 Å². The lowest BCUT2D eigenvalue weighted by atomic mass is 9.93. The van der Waals surface area contributed by atoms with Crippen LogP contribution in [0, 0.1) is 19.7 Å². The molecule has 3 rings (SSSR count). The van der Waals surface area contributed by atoms with Crippen LogP contribution in [0.25, 0.3) is 11.1 Å². The summed E-state index contributed by atoms with van der Waals surface area (Å²) in [7, 11) is 1.54. The molecule has 0 amide bonds. The van der Waals surface area contributed by atoms with Crippen molar-refractivity contribution in [3.8, 4) is 28.5 Å². The number of nitrogen functional groups attached to an aromatic ring is 1. The maximum absolute atomic E-state index is 13.5. The van der Waals surface area contributed by atoms with Gasteiger partial charge in [0.25, 0.3) is 0 Å². The summed E-state index contributed by atoms with van der Waals surface area (Å²) in [6, 6.07) is 7.48. The van der Waals surface area contributed by atoms with E-state index >= 15 is 0 Å². The molecule has 3 aromatic rings. The number of hydrogen-bond acceptors (Lipinski definition) is 5. The third-order valence-electron chi connectivity index (χ3n) is 4.51. The normalized spacial score (nSPS) is 10.7. The van der Waals surface area contributed by atoms with E-state index in [-0.39, 0.29) is 27.9 Å². The molecular formula is C21H18ClFN2O4. The van der Waals surface area contributed by atoms with Gasteiger partial charge in [0.2, 0.25) is 5.88 Å². The number of methoxy groups -OCH3 is 1. The largest absolute Gasteiger partial charge is 0.496 e. The summed E-state index contributed by atoms with van der Waals surface area (Å²) in [6.07, 6.45) is 1.12. The lowest BCUT2D eigenvalue weighted by Crippen LogP contribution is -2.08. The topological polar surface area (TPSA) is 94.7 Å². The zero-order valence-electron chi connectivity index (χ0n) is 15.9. The fourth-order valence-electron chi connectivity index (χ4n) is 3.08. The highest BCUT2D eigenvalue weighted by Gasteiger charge is 2.23. The van der Waals surface area contributed by atoms with E-state index in [2.05, 4.69) is 4.98 Å². The molecule has 0 aliphatic rings. The third kappa shape index (κ3) is 3.82. The first kappa shape index (κ1) is 20.4. The minimum atomic E-state index is -1.22. The molecule has 0 atom stereocenters. The van der Waals surface area contributed by atoms with Gasteiger partial charge >= 0.3 is 5.97 Å². The number of nitrogens with zero attached hydrogens (tertiary/aromatic N) is 1. The number of aromatic carboxylic acids is 1. The number of carboxylic acid groups (broad SMARTS) is 1. The Morgan fingerprint density at radius 2 is 1.93 bits per heavy atom. The first-order valence-electron chi connectivity index (χ1n) is 8.53. The number of rotatable bonds is 5. The van der Waals surface area contributed by atoms with Crippen molar-refractivity contribution >= 4 is 23.3 Å². The lowest BCUT2D eigenvalue weighted by molar-refractivity contribution is 0.0697. The zero-order valence-corrected chi connectivity index (χ0v) is 16.7. The quantitative estimate of drug-likeness (QED) is 0.590. The van der Waals surface area contributed by atoms with Gasteiger partial charge in [-0.2, -0.15) is 0 Å². The standard InChI is InChI=1S/C21H18ClFN2O4/c1-10-4-7-16(28-3)11(2)17(10)18-19(24)13(21(26)27)9-25-20(18)29-12-5-6-15(23)14(22)8-12/h4-9H,1-3H3,(H2,24,25)(H,26,27). The smallest absolute Gasteiger partial charge is 0.339 e. The van der Waals surface area contributed by atoms with Crippen LogP contribution in [0.5, 0.6) is 17.4 Å². The average Bonchev–Trinajstić information content (AvgIpc) is 2.66. The highest BCUT2D eigenvalue weighted by atomic mass is 35.5. The van der Waals surface area contributed by atoms with E-state index in [0.29, 0.717) is 16.9 Å². The van der Waals surface area contributed by atoms with Crippen LogP contribution in [0.15, 0.2) is 36.5 Å². The summed E-state index contributed by atoms with van der Waals surface area (Å²) in [6.45, 7) is 3.68. The molecule has 0 spiro atoms. The number of aromatic nitrogens is 1. The molecule has 29 heavy (non-hydrogen) atoms. The summed E-state index contributed by atoms with van der Waals surface area (Å²) < 4.78 is 24.7. The maximum atomic E-state index is 13.5. The summed E-state index contributed by atoms with van der Waals surface area (Å²) in [5.74, 6) is -0.916. The van der Waals surface area contributed by atoms with Gasteiger partial charge in [0.15, 0.2) is 0 Å². The van der Waals surface area contributed by atoms with Gasteiger partial charge in [0.1, 0.15) is 22.9 Å². The van der Waals surface area contributed by atoms with Crippen LogP contribution >= 0.6 is 11.6 Å². The number of pyridine rings is 1. The van der Waals surface area contributed by atoms with Crippen LogP contribution < -0.4 is 15.2 Å². The Morgan fingerprint density at radius 1 is 1.21 bits per heavy atom. The number of carbonyl (C=O) groups is 1. The Labute approximate surface area is 171 Å². The Balaban J connectivity index is 2.28. The number of anilines is 1. The van der Waals surface area contributed by atoms with Crippen LogP contribution in [0.2, 0.25) is 5.02 Å². The van der Waals surface area contributed by atoms with E-state index < -0.39 is 11.8 Å². The molecule has 0 radical (unpaired) electrons. The number of halogens is 2. The Bertz CT molecular complexity index is 1120. The summed E-state index contributed by atoms with van der Waals surface area (Å²) in [5, 5.41) is 9.36. The molecule has 8 heteroatoms. The van der Waals surface area contributed by atoms with Crippen LogP contribution in [0.3, 0.4) is 0 Å². The van der Waals surface area contributed by atoms with Gasteiger partial charge in [0, 0.05) is 12.3 Å². The molecule has 0 saturated heterocycles. The van der Waals surface area contributed by atoms with Crippen LogP contribution in [0.1, 0.15) is 21.5 Å². The predicted molar refractivity (Wildman–Crippen MR) is 109 cm³/mol. The molecule has 0 aliphatic carbocycles. The number of nitrogens with two attached hydrogens (primary N) is 1. The molecule has 0 saturated carbocycles. The molecule has 3 N–H and O–H groups in total. The van der Waals surface area contributed by atoms with Crippen molar-refractivity contribution in [3.63, 3.8) is 0 Å². The SMILES string of the molecule is COc1ccc(C)c(-c2c(Oc3ccc(F)c(Cl)c3)ncc(C(=O)O)c2N)c1C. The number of carboxylic acids is 1. The second-order valence-electron chi connectivity index (χ2n) is 6.33. The van der Waals surface area contributed by atoms with Crippen molar-refractivity contribution in [3.05, 3.63) is 64.1 Å². The van der Waals surface area contributed by atoms with E-state index in [0.717, 1.165) is 23.4 Å². The van der Waals surface area contributed by atoms with Crippen LogP contribution in [-0.2, 0) is 0 Å². The fraction of sp³-hybridized carbons (Fsp3) is 0.143. The number of benzene rings is 2. The number of ether oxygens (including phenoxy) is 2. The van der Waals surface area contributed by atoms with E-state index in [1.807, 2.05) is 19.9 Å². The summed E-state index contributed by atoms with van der Waals surface area (Å²) in [4.78, 5) is 15.8. The fourth-order valence-corrected chi connectivity index (χ4v) is 3.25. The first-order chi connectivity index (χ1) is 13.7. The van der Waals surface area contributed by atoms with E-state index in [4.69, 9.17) is 26.8 Å². The van der Waals surface area contributed by atoms with Crippen molar-refractivity contribution in [1.29, 1.82) is 0 Å². The van der Waals surface area contributed by atoms with E-state index in [9.17, 15) is 14.3 Å². The van der Waals surface area contributed by atoms with E-state index in [1.54, 1.807) is 6.07 Å². The molecular weight excluding hydrogens is 399 g/mol. The Hall–Kier alpha value is -3.32. The molecule has 0 aliphatic heterocycles. The van der Waals surface area contributed by atoms with E-state index in [1.165, 1.54) is 19.2 Å². The molecule has 0 fully saturated rings. The zero-order chi connectivity index (χ0) is 21.3. The van der Waals surface area contributed by atoms with Gasteiger partial charge in [-0.1, -0.05) is 17.7 Å². The maximum Gasteiger partial charge on any atom is 0.339 e. The summed E-state index contributed by atoms with van der Waals surface area (Å²) >= 11 is 5.83. The molecule has 2 aromatic carbocycles. The minimum absolute atomic E-state index is 0.00448. The van der Waals surface area contributed by atoms with Gasteiger partial charge in [-0.25, -0.2) is 14.2 Å². The Morgan fingerprint density at radius 3 is 2.55 bits per heavy atom. The Kier molecular flexibility index (Phi) is 5.61. The van der Waals surface area contributed by atoms with Crippen molar-refractivity contribution in [1.82, 2.24) is 4.98 Å². The first-order valence-corrected chi connectivity index (χ1v) is 8.91. The molecule has 0 bridgehead atoms. The molecule has 150 valence electrons. The second kappa shape index (κ2) is 7.97. The minimum Gasteiger partial charge on any atom is -0.496 e. The molecule has 0 unspecified atom stereocenters. The molecule has 1 aromatic heterocycles. The van der Waals surface area contributed by atoms with Gasteiger partial charge in [-0.3, -0.25) is 0 Å². The second-order valence-corrected chi connectivity index (χ2v) is 6.74. The van der Waals surface area contributed by atoms with Crippen molar-refractivity contribution in [2.45, 2.75) is 13.8 Å². The highest BCUT2D eigenvalue weighted by Crippen LogP contribution is 2.43. The molecule has 1 heterocycles. The van der Waals surface area contributed by atoms with Gasteiger partial charge in [-0.15, -0.1) is 0 Å². The van der Waals surface area contributed by atoms with Gasteiger partial charge in [-0.05, 0) is 48.7 Å². The summed E-state index contributed by atoms with van der Waals surface area (Å²) in [5.41, 5.74) is 8.57. The lowest BCUT2D eigenvalue weighted by Gasteiger charge is -2.19. The van der Waals surface area contributed by atoms with Crippen LogP contribution in [0.4, 0.5) is 10.1 Å². The van der Waals surface area contributed by atoms with Crippen molar-refractivity contribution in [2.75, 3.05) is 12.8 Å². The van der Waals surface area contributed by atoms with Crippen molar-refractivity contribution in [2.24, 2.45) is 0 Å². The average molecular weight is 417 g/mol. The van der Waals surface area contributed by atoms with Gasteiger partial charge in [0.05, 0.1) is 23.4 Å². The monoisotopic (exact) mass is 416 g/mol. The van der Waals surface area contributed by atoms with Gasteiger partial charge < -0.3 is 20.3 Å². The number of hydrogen-bond donors (Lipinski definition) is 2. The number of aryl methyl sites for hydroxylation is 1. The third-order valence-corrected chi connectivity index (χ3v) is 4.80. The van der Waals surface area contributed by atoms with Crippen LogP contribution in [-0.4, -0.2) is 23.2 Å².